The Hall–Kier alpha value is -0.170. The van der Waals surface area contributed by atoms with Crippen LogP contribution in [0.3, 0.4) is 0 Å². The zero-order valence-electron chi connectivity index (χ0n) is 9.70. The van der Waals surface area contributed by atoms with Gasteiger partial charge < -0.3 is 0 Å². The lowest BCUT2D eigenvalue weighted by atomic mass is 10.1. The van der Waals surface area contributed by atoms with Gasteiger partial charge in [0.05, 0.1) is 0 Å². The van der Waals surface area contributed by atoms with Gasteiger partial charge in [-0.15, -0.1) is 11.6 Å². The summed E-state index contributed by atoms with van der Waals surface area (Å²) in [6.07, 6.45) is 5.83. The lowest BCUT2D eigenvalue weighted by Gasteiger charge is -2.14. The lowest BCUT2D eigenvalue weighted by molar-refractivity contribution is 0.478. The monoisotopic (exact) mass is 352 g/mol. The molecule has 1 heterocycles. The van der Waals surface area contributed by atoms with E-state index in [4.69, 9.17) is 11.6 Å². The summed E-state index contributed by atoms with van der Waals surface area (Å²) in [5.74, 6) is 0.570. The zero-order valence-corrected chi connectivity index (χ0v) is 12.9. The van der Waals surface area contributed by atoms with Crippen molar-refractivity contribution < 1.29 is 8.42 Å². The molecule has 0 saturated heterocycles. The van der Waals surface area contributed by atoms with Crippen molar-refractivity contribution in [3.8, 4) is 0 Å². The summed E-state index contributed by atoms with van der Waals surface area (Å²) in [6.45, 7) is 0.453. The van der Waals surface area contributed by atoms with Crippen LogP contribution in [0, 0.1) is 5.41 Å². The molecule has 0 spiro atoms. The van der Waals surface area contributed by atoms with Crippen molar-refractivity contribution in [2.24, 2.45) is 5.41 Å². The highest BCUT2D eigenvalue weighted by Crippen LogP contribution is 2.48. The highest BCUT2D eigenvalue weighted by atomic mass is 79.9. The van der Waals surface area contributed by atoms with Crippen molar-refractivity contribution in [2.45, 2.75) is 24.2 Å². The first-order valence-corrected chi connectivity index (χ1v) is 8.45. The Bertz CT molecular complexity index is 532. The summed E-state index contributed by atoms with van der Waals surface area (Å²) >= 11 is 8.93. The average Bonchev–Trinajstić information content (AvgIpc) is 3.08. The van der Waals surface area contributed by atoms with Crippen LogP contribution in [0.1, 0.15) is 19.3 Å². The third kappa shape index (κ3) is 3.44. The number of nitrogens with one attached hydrogen (secondary N) is 1. The smallest absolute Gasteiger partial charge is 0.242 e. The maximum Gasteiger partial charge on any atom is 0.242 e. The Morgan fingerprint density at radius 1 is 1.44 bits per heavy atom. The summed E-state index contributed by atoms with van der Waals surface area (Å²) in [5.41, 5.74) is 0.0776. The molecule has 1 saturated carbocycles. The molecule has 0 aromatic carbocycles. The molecule has 1 N–H and O–H groups in total. The molecule has 0 aliphatic heterocycles. The predicted molar refractivity (Wildman–Crippen MR) is 74.1 cm³/mol. The third-order valence-electron chi connectivity index (χ3n) is 3.21. The van der Waals surface area contributed by atoms with E-state index in [0.29, 0.717) is 16.9 Å². The summed E-state index contributed by atoms with van der Waals surface area (Å²) in [6, 6.07) is 1.54. The van der Waals surface area contributed by atoms with Gasteiger partial charge in [0.1, 0.15) is 4.90 Å². The fourth-order valence-electron chi connectivity index (χ4n) is 1.76. The number of aromatic nitrogens is 1. The van der Waals surface area contributed by atoms with E-state index >= 15 is 0 Å². The first-order valence-electron chi connectivity index (χ1n) is 5.64. The van der Waals surface area contributed by atoms with Gasteiger partial charge in [0.15, 0.2) is 0 Å². The number of sulfonamides is 1. The van der Waals surface area contributed by atoms with Gasteiger partial charge in [-0.05, 0) is 46.7 Å². The van der Waals surface area contributed by atoms with Crippen LogP contribution in [0.15, 0.2) is 27.8 Å². The van der Waals surface area contributed by atoms with Crippen LogP contribution in [0.2, 0.25) is 0 Å². The summed E-state index contributed by atoms with van der Waals surface area (Å²) < 4.78 is 27.4. The number of halogens is 2. The molecule has 1 aliphatic carbocycles. The molecule has 1 aromatic rings. The SMILES string of the molecule is O=S(=O)(NCC1(CCCl)CC1)c1cncc(Br)c1. The normalized spacial score (nSPS) is 17.7. The first-order chi connectivity index (χ1) is 8.47. The van der Waals surface area contributed by atoms with Crippen molar-refractivity contribution >= 4 is 37.6 Å². The van der Waals surface area contributed by atoms with Crippen molar-refractivity contribution in [1.29, 1.82) is 0 Å². The predicted octanol–water partition coefficient (Wildman–Crippen LogP) is 2.53. The Labute approximate surface area is 120 Å². The van der Waals surface area contributed by atoms with E-state index in [0.717, 1.165) is 19.3 Å². The molecule has 100 valence electrons. The maximum atomic E-state index is 12.1. The van der Waals surface area contributed by atoms with Gasteiger partial charge in [-0.1, -0.05) is 0 Å². The van der Waals surface area contributed by atoms with E-state index in [-0.39, 0.29) is 10.3 Å². The van der Waals surface area contributed by atoms with Crippen LogP contribution in [0.4, 0.5) is 0 Å². The van der Waals surface area contributed by atoms with Crippen LogP contribution < -0.4 is 4.72 Å². The highest BCUT2D eigenvalue weighted by molar-refractivity contribution is 9.10. The van der Waals surface area contributed by atoms with Crippen molar-refractivity contribution in [2.75, 3.05) is 12.4 Å². The molecule has 2 rings (SSSR count). The number of alkyl halides is 1. The molecule has 0 amide bonds. The van der Waals surface area contributed by atoms with Gasteiger partial charge in [0, 0.05) is 29.3 Å². The minimum Gasteiger partial charge on any atom is -0.262 e. The van der Waals surface area contributed by atoms with E-state index in [1.54, 1.807) is 6.20 Å². The Morgan fingerprint density at radius 2 is 2.17 bits per heavy atom. The quantitative estimate of drug-likeness (QED) is 0.800. The zero-order chi connectivity index (χ0) is 13.2. The Balaban J connectivity index is 2.04. The fourth-order valence-corrected chi connectivity index (χ4v) is 3.83. The molecule has 18 heavy (non-hydrogen) atoms. The lowest BCUT2D eigenvalue weighted by Crippen LogP contribution is -2.30. The standard InChI is InChI=1S/C11H14BrClN2O2S/c12-9-5-10(7-14-6-9)18(16,17)15-8-11(1-2-11)3-4-13/h5-7,15H,1-4,8H2. The molecule has 7 heteroatoms. The van der Waals surface area contributed by atoms with Gasteiger partial charge in [-0.3, -0.25) is 4.98 Å². The number of pyridine rings is 1. The van der Waals surface area contributed by atoms with Crippen molar-refractivity contribution in [3.05, 3.63) is 22.9 Å². The number of rotatable bonds is 6. The van der Waals surface area contributed by atoms with Gasteiger partial charge in [0.25, 0.3) is 0 Å². The molecular formula is C11H14BrClN2O2S. The average molecular weight is 354 g/mol. The van der Waals surface area contributed by atoms with E-state index in [2.05, 4.69) is 25.6 Å². The van der Waals surface area contributed by atoms with Crippen LogP contribution in [0.25, 0.3) is 0 Å². The fraction of sp³-hybridized carbons (Fsp3) is 0.545. The molecule has 1 aromatic heterocycles. The van der Waals surface area contributed by atoms with Crippen LogP contribution in [-0.4, -0.2) is 25.8 Å². The first kappa shape index (κ1) is 14.2. The molecule has 0 radical (unpaired) electrons. The summed E-state index contributed by atoms with van der Waals surface area (Å²) in [4.78, 5) is 4.04. The molecule has 1 aliphatic rings. The molecule has 0 atom stereocenters. The molecule has 1 fully saturated rings. The van der Waals surface area contributed by atoms with Crippen LogP contribution >= 0.6 is 27.5 Å². The van der Waals surface area contributed by atoms with Crippen LogP contribution in [-0.2, 0) is 10.0 Å². The second-order valence-corrected chi connectivity index (χ2v) is 7.66. The van der Waals surface area contributed by atoms with E-state index in [1.165, 1.54) is 12.3 Å². The molecular weight excluding hydrogens is 340 g/mol. The Kier molecular flexibility index (Phi) is 4.31. The van der Waals surface area contributed by atoms with Crippen molar-refractivity contribution in [1.82, 2.24) is 9.71 Å². The summed E-state index contributed by atoms with van der Waals surface area (Å²) in [5, 5.41) is 0. The van der Waals surface area contributed by atoms with Gasteiger partial charge >= 0.3 is 0 Å². The van der Waals surface area contributed by atoms with Gasteiger partial charge in [0.2, 0.25) is 10.0 Å². The third-order valence-corrected chi connectivity index (χ3v) is 5.20. The number of hydrogen-bond acceptors (Lipinski definition) is 3. The van der Waals surface area contributed by atoms with E-state index in [9.17, 15) is 8.42 Å². The highest BCUT2D eigenvalue weighted by Gasteiger charge is 2.42. The summed E-state index contributed by atoms with van der Waals surface area (Å²) in [7, 11) is -3.48. The van der Waals surface area contributed by atoms with Crippen molar-refractivity contribution in [3.63, 3.8) is 0 Å². The van der Waals surface area contributed by atoms with Crippen LogP contribution in [0.5, 0.6) is 0 Å². The largest absolute Gasteiger partial charge is 0.262 e. The second-order valence-electron chi connectivity index (χ2n) is 4.60. The van der Waals surface area contributed by atoms with Gasteiger partial charge in [-0.25, -0.2) is 13.1 Å². The minimum atomic E-state index is -3.48. The minimum absolute atomic E-state index is 0.0776. The van der Waals surface area contributed by atoms with E-state index in [1.807, 2.05) is 0 Å². The molecule has 0 unspecified atom stereocenters. The maximum absolute atomic E-state index is 12.1. The topological polar surface area (TPSA) is 59.1 Å². The number of hydrogen-bond donors (Lipinski definition) is 1. The second kappa shape index (κ2) is 5.45. The number of nitrogens with zero attached hydrogens (tertiary/aromatic N) is 1. The van der Waals surface area contributed by atoms with E-state index < -0.39 is 10.0 Å². The van der Waals surface area contributed by atoms with Gasteiger partial charge in [-0.2, -0.15) is 0 Å². The molecule has 4 nitrogen and oxygen atoms in total. The Morgan fingerprint density at radius 3 is 2.72 bits per heavy atom. The molecule has 0 bridgehead atoms.